The number of phenolic OH excluding ortho intramolecular Hbond substituents is 1. The molecule has 2 aromatic rings. The number of nitrogens with zero attached hydrogens (tertiary/aromatic N) is 1. The zero-order valence-corrected chi connectivity index (χ0v) is 12.9. The molecule has 0 aliphatic heterocycles. The van der Waals surface area contributed by atoms with E-state index in [1.165, 1.54) is 6.07 Å². The van der Waals surface area contributed by atoms with Gasteiger partial charge in [0, 0.05) is 11.1 Å². The molecule has 2 rings (SSSR count). The Bertz CT molecular complexity index is 852. The Morgan fingerprint density at radius 3 is 2.55 bits per heavy atom. The van der Waals surface area contributed by atoms with Crippen molar-refractivity contribution in [3.05, 3.63) is 57.1 Å². The second-order valence-corrected chi connectivity index (χ2v) is 6.59. The lowest BCUT2D eigenvalue weighted by atomic mass is 10.2. The summed E-state index contributed by atoms with van der Waals surface area (Å²) >= 11 is 5.82. The number of nitro groups is 1. The van der Waals surface area contributed by atoms with Crippen molar-refractivity contribution in [1.29, 1.82) is 0 Å². The molecule has 22 heavy (non-hydrogen) atoms. The molecule has 0 bridgehead atoms. The van der Waals surface area contributed by atoms with Crippen molar-refractivity contribution in [2.24, 2.45) is 0 Å². The number of nitrogens with one attached hydrogen (secondary N) is 1. The minimum Gasteiger partial charge on any atom is -0.502 e. The van der Waals surface area contributed by atoms with Crippen molar-refractivity contribution in [2.75, 3.05) is 4.72 Å². The number of aromatic hydroxyl groups is 1. The first-order valence-corrected chi connectivity index (χ1v) is 7.83. The van der Waals surface area contributed by atoms with Crippen LogP contribution in [-0.4, -0.2) is 18.4 Å². The quantitative estimate of drug-likeness (QED) is 0.655. The van der Waals surface area contributed by atoms with Crippen LogP contribution in [0.5, 0.6) is 5.75 Å². The first-order chi connectivity index (χ1) is 10.2. The van der Waals surface area contributed by atoms with Crippen molar-refractivity contribution in [3.8, 4) is 5.75 Å². The molecule has 0 saturated carbocycles. The smallest absolute Gasteiger partial charge is 0.312 e. The molecule has 0 radical (unpaired) electrons. The number of anilines is 1. The van der Waals surface area contributed by atoms with Gasteiger partial charge < -0.3 is 5.11 Å². The number of aryl methyl sites for hydroxylation is 1. The molecular formula is C13H11ClN2O5S. The molecule has 0 aliphatic carbocycles. The summed E-state index contributed by atoms with van der Waals surface area (Å²) in [4.78, 5) is 9.57. The molecule has 0 heterocycles. The fourth-order valence-corrected chi connectivity index (χ4v) is 3.04. The van der Waals surface area contributed by atoms with Gasteiger partial charge in [-0.2, -0.15) is 0 Å². The van der Waals surface area contributed by atoms with E-state index in [1.54, 1.807) is 19.1 Å². The van der Waals surface area contributed by atoms with Gasteiger partial charge in [-0.3, -0.25) is 14.8 Å². The van der Waals surface area contributed by atoms with E-state index in [2.05, 4.69) is 4.72 Å². The second kappa shape index (κ2) is 5.82. The average molecular weight is 343 g/mol. The highest BCUT2D eigenvalue weighted by Crippen LogP contribution is 2.30. The maximum Gasteiger partial charge on any atom is 0.312 e. The number of hydrogen-bond acceptors (Lipinski definition) is 5. The lowest BCUT2D eigenvalue weighted by Crippen LogP contribution is -2.14. The molecule has 2 N–H and O–H groups in total. The van der Waals surface area contributed by atoms with E-state index in [-0.39, 0.29) is 10.6 Å². The third-order valence-electron chi connectivity index (χ3n) is 2.90. The predicted octanol–water partition coefficient (Wildman–Crippen LogP) is 3.06. The summed E-state index contributed by atoms with van der Waals surface area (Å²) in [6.45, 7) is 1.69. The van der Waals surface area contributed by atoms with E-state index >= 15 is 0 Å². The number of halogens is 1. The molecule has 0 atom stereocenters. The summed E-state index contributed by atoms with van der Waals surface area (Å²) in [7, 11) is -4.05. The fourth-order valence-electron chi connectivity index (χ4n) is 1.72. The van der Waals surface area contributed by atoms with Gasteiger partial charge >= 0.3 is 5.69 Å². The molecule has 9 heteroatoms. The highest BCUT2D eigenvalue weighted by Gasteiger charge is 2.21. The van der Waals surface area contributed by atoms with Gasteiger partial charge in [-0.15, -0.1) is 0 Å². The fraction of sp³-hybridized carbons (Fsp3) is 0.0769. The summed E-state index contributed by atoms with van der Waals surface area (Å²) in [5, 5.41) is 20.5. The molecular weight excluding hydrogens is 332 g/mol. The van der Waals surface area contributed by atoms with Crippen LogP contribution in [0.25, 0.3) is 0 Å². The van der Waals surface area contributed by atoms with Crippen LogP contribution in [0.3, 0.4) is 0 Å². The highest BCUT2D eigenvalue weighted by atomic mass is 35.5. The van der Waals surface area contributed by atoms with Gasteiger partial charge in [-0.1, -0.05) is 17.7 Å². The van der Waals surface area contributed by atoms with E-state index in [4.69, 9.17) is 11.6 Å². The van der Waals surface area contributed by atoms with Gasteiger partial charge in [0.2, 0.25) is 0 Å². The molecule has 0 unspecified atom stereocenters. The molecule has 0 aromatic heterocycles. The standard InChI is InChI=1S/C13H11ClN2O5S/c1-8-2-3-9(14)6-11(8)15-22(20,21)10-4-5-13(17)12(7-10)16(18)19/h2-7,15,17H,1H3. The molecule has 116 valence electrons. The van der Waals surface area contributed by atoms with Crippen LogP contribution in [0, 0.1) is 17.0 Å². The van der Waals surface area contributed by atoms with Crippen LogP contribution in [0.1, 0.15) is 5.56 Å². The van der Waals surface area contributed by atoms with E-state index in [9.17, 15) is 23.6 Å². The molecule has 7 nitrogen and oxygen atoms in total. The minimum absolute atomic E-state index is 0.267. The summed E-state index contributed by atoms with van der Waals surface area (Å²) < 4.78 is 26.9. The third-order valence-corrected chi connectivity index (χ3v) is 4.50. The third kappa shape index (κ3) is 3.29. The zero-order valence-electron chi connectivity index (χ0n) is 11.3. The van der Waals surface area contributed by atoms with Gasteiger partial charge in [-0.25, -0.2) is 8.42 Å². The van der Waals surface area contributed by atoms with Gasteiger partial charge in [0.1, 0.15) is 0 Å². The van der Waals surface area contributed by atoms with Crippen molar-refractivity contribution in [1.82, 2.24) is 0 Å². The van der Waals surface area contributed by atoms with E-state index in [1.807, 2.05) is 0 Å². The summed E-state index contributed by atoms with van der Waals surface area (Å²) in [6.07, 6.45) is 0. The molecule has 0 aliphatic rings. The Morgan fingerprint density at radius 2 is 1.91 bits per heavy atom. The predicted molar refractivity (Wildman–Crippen MR) is 81.8 cm³/mol. The summed E-state index contributed by atoms with van der Waals surface area (Å²) in [5.74, 6) is -0.608. The van der Waals surface area contributed by atoms with E-state index < -0.39 is 26.4 Å². The summed E-state index contributed by atoms with van der Waals surface area (Å²) in [6, 6.07) is 7.50. The second-order valence-electron chi connectivity index (χ2n) is 4.47. The van der Waals surface area contributed by atoms with Crippen LogP contribution < -0.4 is 4.72 Å². The van der Waals surface area contributed by atoms with E-state index in [0.717, 1.165) is 18.2 Å². The Balaban J connectivity index is 2.45. The number of nitro benzene ring substituents is 1. The SMILES string of the molecule is Cc1ccc(Cl)cc1NS(=O)(=O)c1ccc(O)c([N+](=O)[O-])c1. The number of benzene rings is 2. The first-order valence-electron chi connectivity index (χ1n) is 5.97. The van der Waals surface area contributed by atoms with Crippen LogP contribution in [-0.2, 0) is 10.0 Å². The van der Waals surface area contributed by atoms with Crippen LogP contribution in [0.15, 0.2) is 41.3 Å². The molecule has 0 amide bonds. The Hall–Kier alpha value is -2.32. The summed E-state index contributed by atoms with van der Waals surface area (Å²) in [5.41, 5.74) is 0.218. The molecule has 2 aromatic carbocycles. The zero-order chi connectivity index (χ0) is 16.5. The highest BCUT2D eigenvalue weighted by molar-refractivity contribution is 7.92. The van der Waals surface area contributed by atoms with Crippen LogP contribution in [0.2, 0.25) is 5.02 Å². The lowest BCUT2D eigenvalue weighted by Gasteiger charge is -2.11. The van der Waals surface area contributed by atoms with Gasteiger partial charge in [-0.05, 0) is 36.8 Å². The van der Waals surface area contributed by atoms with Crippen LogP contribution >= 0.6 is 11.6 Å². The molecule has 0 spiro atoms. The number of sulfonamides is 1. The average Bonchev–Trinajstić information content (AvgIpc) is 2.42. The maximum atomic E-state index is 12.3. The number of phenols is 1. The largest absolute Gasteiger partial charge is 0.502 e. The first kappa shape index (κ1) is 16.1. The lowest BCUT2D eigenvalue weighted by molar-refractivity contribution is -0.386. The normalized spacial score (nSPS) is 11.2. The Labute approximate surface area is 131 Å². The van der Waals surface area contributed by atoms with Gasteiger partial charge in [0.25, 0.3) is 10.0 Å². The van der Waals surface area contributed by atoms with E-state index in [0.29, 0.717) is 10.6 Å². The van der Waals surface area contributed by atoms with Crippen molar-refractivity contribution < 1.29 is 18.4 Å². The number of hydrogen-bond donors (Lipinski definition) is 2. The molecule has 0 fully saturated rings. The Kier molecular flexibility index (Phi) is 4.25. The Morgan fingerprint density at radius 1 is 1.23 bits per heavy atom. The van der Waals surface area contributed by atoms with Crippen LogP contribution in [0.4, 0.5) is 11.4 Å². The van der Waals surface area contributed by atoms with Crippen molar-refractivity contribution >= 4 is 33.0 Å². The topological polar surface area (TPSA) is 110 Å². The van der Waals surface area contributed by atoms with Crippen molar-refractivity contribution in [3.63, 3.8) is 0 Å². The number of rotatable bonds is 4. The monoisotopic (exact) mass is 342 g/mol. The minimum atomic E-state index is -4.05. The molecule has 0 saturated heterocycles. The maximum absolute atomic E-state index is 12.3. The van der Waals surface area contributed by atoms with Crippen molar-refractivity contribution in [2.45, 2.75) is 11.8 Å². The van der Waals surface area contributed by atoms with Gasteiger partial charge in [0.15, 0.2) is 5.75 Å². The van der Waals surface area contributed by atoms with Gasteiger partial charge in [0.05, 0.1) is 15.5 Å².